The van der Waals surface area contributed by atoms with Crippen LogP contribution in [-0.2, 0) is 9.59 Å². The van der Waals surface area contributed by atoms with Gasteiger partial charge in [-0.15, -0.1) is 0 Å². The molecule has 0 aromatic rings. The zero-order valence-electron chi connectivity index (χ0n) is 8.72. The number of carbonyl (C=O) groups excluding carboxylic acids is 1. The molecular formula is C9H14N4O3. The molecule has 0 aromatic carbocycles. The molecule has 0 fully saturated rings. The maximum atomic E-state index is 11.4. The van der Waals surface area contributed by atoms with E-state index in [2.05, 4.69) is 9.98 Å². The number of hydrogen-bond acceptors (Lipinski definition) is 5. The molecule has 7 heteroatoms. The van der Waals surface area contributed by atoms with Crippen LogP contribution in [0.2, 0.25) is 0 Å². The van der Waals surface area contributed by atoms with Crippen LogP contribution in [0.4, 0.5) is 0 Å². The Hall–Kier alpha value is -1.92. The van der Waals surface area contributed by atoms with Crippen LogP contribution < -0.4 is 11.5 Å². The zero-order valence-corrected chi connectivity index (χ0v) is 8.72. The van der Waals surface area contributed by atoms with Crippen LogP contribution in [0.1, 0.15) is 25.7 Å². The van der Waals surface area contributed by atoms with E-state index in [0.29, 0.717) is 19.3 Å². The summed E-state index contributed by atoms with van der Waals surface area (Å²) in [4.78, 5) is 28.9. The first kappa shape index (κ1) is 12.2. The van der Waals surface area contributed by atoms with E-state index in [1.54, 1.807) is 0 Å². The molecule has 1 atom stereocenters. The summed E-state index contributed by atoms with van der Waals surface area (Å²) in [6.45, 7) is 0. The molecule has 1 rings (SSSR count). The molecular weight excluding hydrogens is 212 g/mol. The zero-order chi connectivity index (χ0) is 12.1. The van der Waals surface area contributed by atoms with Crippen LogP contribution in [-0.4, -0.2) is 28.8 Å². The van der Waals surface area contributed by atoms with Crippen LogP contribution in [0, 0.1) is 5.92 Å². The molecule has 1 aliphatic heterocycles. The Bertz CT molecular complexity index is 362. The molecule has 1 unspecified atom stereocenters. The average Bonchev–Trinajstić information content (AvgIpc) is 2.14. The Balaban J connectivity index is 2.41. The number of nitrogens with two attached hydrogens (primary N) is 2. The minimum absolute atomic E-state index is 0.0867. The van der Waals surface area contributed by atoms with Crippen molar-refractivity contribution in [2.75, 3.05) is 0 Å². The number of unbranched alkanes of at least 4 members (excludes halogenated alkanes) is 1. The van der Waals surface area contributed by atoms with Crippen molar-refractivity contribution >= 4 is 23.7 Å². The number of amides is 1. The highest BCUT2D eigenvalue weighted by Crippen LogP contribution is 2.14. The van der Waals surface area contributed by atoms with Crippen LogP contribution >= 0.6 is 0 Å². The topological polar surface area (TPSA) is 131 Å². The second kappa shape index (κ2) is 5.24. The van der Waals surface area contributed by atoms with E-state index >= 15 is 0 Å². The summed E-state index contributed by atoms with van der Waals surface area (Å²) in [5.74, 6) is -1.77. The Kier molecular flexibility index (Phi) is 3.98. The van der Waals surface area contributed by atoms with Crippen LogP contribution in [0.3, 0.4) is 0 Å². The number of carbonyl (C=O) groups is 2. The van der Waals surface area contributed by atoms with E-state index in [9.17, 15) is 9.59 Å². The van der Waals surface area contributed by atoms with Crippen molar-refractivity contribution in [3.8, 4) is 0 Å². The van der Waals surface area contributed by atoms with Crippen molar-refractivity contribution in [2.45, 2.75) is 25.7 Å². The van der Waals surface area contributed by atoms with E-state index in [0.717, 1.165) is 0 Å². The van der Waals surface area contributed by atoms with Crippen LogP contribution in [0.5, 0.6) is 0 Å². The maximum absolute atomic E-state index is 11.4. The lowest BCUT2D eigenvalue weighted by Crippen LogP contribution is -2.36. The number of aliphatic carboxylic acids is 1. The first-order valence-electron chi connectivity index (χ1n) is 4.94. The smallest absolute Gasteiger partial charge is 0.303 e. The maximum Gasteiger partial charge on any atom is 0.303 e. The van der Waals surface area contributed by atoms with Gasteiger partial charge in [-0.3, -0.25) is 9.59 Å². The van der Waals surface area contributed by atoms with Gasteiger partial charge in [-0.05, 0) is 12.8 Å². The van der Waals surface area contributed by atoms with Crippen molar-refractivity contribution in [3.05, 3.63) is 0 Å². The lowest BCUT2D eigenvalue weighted by molar-refractivity contribution is -0.137. The number of carboxylic acids is 1. The van der Waals surface area contributed by atoms with Crippen LogP contribution in [0.25, 0.3) is 0 Å². The van der Waals surface area contributed by atoms with Gasteiger partial charge in [0.1, 0.15) is 5.84 Å². The molecule has 0 saturated carbocycles. The van der Waals surface area contributed by atoms with Crippen molar-refractivity contribution in [3.63, 3.8) is 0 Å². The summed E-state index contributed by atoms with van der Waals surface area (Å²) in [5.41, 5.74) is 10.8. The Labute approximate surface area is 92.2 Å². The summed E-state index contributed by atoms with van der Waals surface area (Å²) in [6, 6.07) is 0. The SMILES string of the molecule is NC1=NC(=O)C(CCCCC(=O)O)C(N)=N1. The summed E-state index contributed by atoms with van der Waals surface area (Å²) in [5, 5.41) is 8.44. The summed E-state index contributed by atoms with van der Waals surface area (Å²) >= 11 is 0. The van der Waals surface area contributed by atoms with Crippen molar-refractivity contribution in [1.82, 2.24) is 0 Å². The van der Waals surface area contributed by atoms with Gasteiger partial charge in [0.15, 0.2) is 0 Å². The van der Waals surface area contributed by atoms with Gasteiger partial charge in [0.05, 0.1) is 5.92 Å². The second-order valence-electron chi connectivity index (χ2n) is 3.54. The number of guanidine groups is 1. The highest BCUT2D eigenvalue weighted by molar-refractivity contribution is 6.13. The molecule has 1 heterocycles. The average molecular weight is 226 g/mol. The van der Waals surface area contributed by atoms with Crippen LogP contribution in [0.15, 0.2) is 9.98 Å². The van der Waals surface area contributed by atoms with Crippen molar-refractivity contribution in [2.24, 2.45) is 27.4 Å². The molecule has 1 amide bonds. The lowest BCUT2D eigenvalue weighted by Gasteiger charge is -2.15. The predicted octanol–water partition coefficient (Wildman–Crippen LogP) is -0.540. The number of nitrogens with zero attached hydrogens (tertiary/aromatic N) is 2. The fraction of sp³-hybridized carbons (Fsp3) is 0.556. The monoisotopic (exact) mass is 226 g/mol. The molecule has 0 saturated heterocycles. The number of aliphatic imine (C=N–C) groups is 2. The van der Waals surface area contributed by atoms with Gasteiger partial charge in [-0.25, -0.2) is 0 Å². The number of amidine groups is 1. The quantitative estimate of drug-likeness (QED) is 0.542. The van der Waals surface area contributed by atoms with Gasteiger partial charge in [0.2, 0.25) is 5.96 Å². The van der Waals surface area contributed by atoms with E-state index in [-0.39, 0.29) is 18.2 Å². The molecule has 7 nitrogen and oxygen atoms in total. The Morgan fingerprint density at radius 2 is 2.00 bits per heavy atom. The third-order valence-electron chi connectivity index (χ3n) is 2.26. The largest absolute Gasteiger partial charge is 0.481 e. The fourth-order valence-corrected chi connectivity index (χ4v) is 1.45. The minimum Gasteiger partial charge on any atom is -0.481 e. The molecule has 0 aliphatic carbocycles. The number of carboxylic acid groups (broad SMARTS) is 1. The van der Waals surface area contributed by atoms with Gasteiger partial charge in [-0.1, -0.05) is 6.42 Å². The van der Waals surface area contributed by atoms with Crippen molar-refractivity contribution < 1.29 is 14.7 Å². The molecule has 1 aliphatic rings. The Morgan fingerprint density at radius 1 is 1.31 bits per heavy atom. The molecule has 16 heavy (non-hydrogen) atoms. The van der Waals surface area contributed by atoms with E-state index in [1.165, 1.54) is 0 Å². The van der Waals surface area contributed by atoms with Crippen molar-refractivity contribution in [1.29, 1.82) is 0 Å². The summed E-state index contributed by atoms with van der Waals surface area (Å²) < 4.78 is 0. The molecule has 0 spiro atoms. The fourth-order valence-electron chi connectivity index (χ4n) is 1.45. The highest BCUT2D eigenvalue weighted by atomic mass is 16.4. The molecule has 0 bridgehead atoms. The summed E-state index contributed by atoms with van der Waals surface area (Å²) in [7, 11) is 0. The standard InChI is InChI=1S/C9H14N4O3/c10-7-5(3-1-2-4-6(14)15)8(16)13-9(11)12-7/h5H,1-4H2,(H,14,15)(H4,10,11,12,13,16). The lowest BCUT2D eigenvalue weighted by atomic mass is 9.98. The van der Waals surface area contributed by atoms with E-state index in [1.807, 2.05) is 0 Å². The Morgan fingerprint density at radius 3 is 2.56 bits per heavy atom. The molecule has 5 N–H and O–H groups in total. The number of hydrogen-bond donors (Lipinski definition) is 3. The first-order chi connectivity index (χ1) is 7.50. The minimum atomic E-state index is -0.848. The van der Waals surface area contributed by atoms with Gasteiger partial charge in [-0.2, -0.15) is 9.98 Å². The third-order valence-corrected chi connectivity index (χ3v) is 2.26. The third kappa shape index (κ3) is 3.34. The molecule has 0 radical (unpaired) electrons. The first-order valence-corrected chi connectivity index (χ1v) is 4.94. The highest BCUT2D eigenvalue weighted by Gasteiger charge is 2.25. The predicted molar refractivity (Wildman–Crippen MR) is 57.8 cm³/mol. The molecule has 88 valence electrons. The van der Waals surface area contributed by atoms with E-state index < -0.39 is 17.8 Å². The van der Waals surface area contributed by atoms with Gasteiger partial charge < -0.3 is 16.6 Å². The normalized spacial score (nSPS) is 20.2. The second-order valence-corrected chi connectivity index (χ2v) is 3.54. The van der Waals surface area contributed by atoms with Gasteiger partial charge >= 0.3 is 5.97 Å². The molecule has 0 aromatic heterocycles. The van der Waals surface area contributed by atoms with Gasteiger partial charge in [0, 0.05) is 6.42 Å². The van der Waals surface area contributed by atoms with E-state index in [4.69, 9.17) is 16.6 Å². The number of rotatable bonds is 5. The summed E-state index contributed by atoms with van der Waals surface area (Å²) in [6.07, 6.45) is 1.64. The van der Waals surface area contributed by atoms with Gasteiger partial charge in [0.25, 0.3) is 5.91 Å².